The van der Waals surface area contributed by atoms with Gasteiger partial charge in [-0.25, -0.2) is 13.4 Å². The molecule has 0 radical (unpaired) electrons. The Kier molecular flexibility index (Phi) is 6.11. The number of aliphatic hydroxyl groups is 1. The van der Waals surface area contributed by atoms with Gasteiger partial charge < -0.3 is 9.67 Å². The number of sulfone groups is 1. The Bertz CT molecular complexity index is 818. The van der Waals surface area contributed by atoms with E-state index < -0.39 is 9.84 Å². The number of hydrogen-bond donors (Lipinski definition) is 1. The van der Waals surface area contributed by atoms with E-state index in [2.05, 4.69) is 22.0 Å². The third kappa shape index (κ3) is 4.52. The fraction of sp³-hybridized carbons (Fsp3) is 0.526. The fourth-order valence-electron chi connectivity index (χ4n) is 3.41. The number of hydrogen-bond acceptors (Lipinski definition) is 5. The summed E-state index contributed by atoms with van der Waals surface area (Å²) in [6.45, 7) is 4.34. The molecule has 0 saturated carbocycles. The van der Waals surface area contributed by atoms with Crippen molar-refractivity contribution in [2.75, 3.05) is 18.8 Å². The van der Waals surface area contributed by atoms with Crippen molar-refractivity contribution in [3.8, 4) is 0 Å². The van der Waals surface area contributed by atoms with Crippen molar-refractivity contribution in [3.63, 3.8) is 0 Å². The molecule has 7 heteroatoms. The maximum Gasteiger partial charge on any atom is 0.227 e. The Hall–Kier alpha value is -1.70. The monoisotopic (exact) mass is 377 g/mol. The van der Waals surface area contributed by atoms with E-state index in [-0.39, 0.29) is 17.0 Å². The van der Waals surface area contributed by atoms with Crippen LogP contribution in [0, 0.1) is 0 Å². The summed E-state index contributed by atoms with van der Waals surface area (Å²) in [6.07, 6.45) is 3.90. The SMILES string of the molecule is CCS(=O)(=O)c1ncc(CN2CC[C@H](O)C2)n1CCCc1ccccc1. The first-order chi connectivity index (χ1) is 12.5. The molecule has 142 valence electrons. The van der Waals surface area contributed by atoms with Crippen LogP contribution in [0.3, 0.4) is 0 Å². The molecule has 0 spiro atoms. The lowest BCUT2D eigenvalue weighted by Gasteiger charge is -2.17. The molecule has 26 heavy (non-hydrogen) atoms. The summed E-state index contributed by atoms with van der Waals surface area (Å²) < 4.78 is 26.7. The Labute approximate surface area is 155 Å². The Morgan fingerprint density at radius 3 is 2.69 bits per heavy atom. The third-order valence-corrected chi connectivity index (χ3v) is 6.53. The summed E-state index contributed by atoms with van der Waals surface area (Å²) in [5.74, 6) is 0.0462. The van der Waals surface area contributed by atoms with Crippen LogP contribution in [-0.2, 0) is 29.3 Å². The van der Waals surface area contributed by atoms with Crippen LogP contribution in [0.2, 0.25) is 0 Å². The smallest absolute Gasteiger partial charge is 0.227 e. The van der Waals surface area contributed by atoms with Crippen LogP contribution in [0.1, 0.15) is 31.0 Å². The predicted molar refractivity (Wildman–Crippen MR) is 101 cm³/mol. The lowest BCUT2D eigenvalue weighted by Crippen LogP contribution is -2.24. The van der Waals surface area contributed by atoms with Gasteiger partial charge >= 0.3 is 0 Å². The average molecular weight is 378 g/mol. The number of aromatic nitrogens is 2. The maximum atomic E-state index is 12.4. The number of likely N-dealkylation sites (tertiary alicyclic amines) is 1. The van der Waals surface area contributed by atoms with Gasteiger partial charge in [-0.05, 0) is 24.8 Å². The molecule has 1 saturated heterocycles. The van der Waals surface area contributed by atoms with E-state index in [9.17, 15) is 13.5 Å². The van der Waals surface area contributed by atoms with Crippen molar-refractivity contribution in [3.05, 3.63) is 47.8 Å². The Balaban J connectivity index is 1.76. The molecular formula is C19H27N3O3S. The second-order valence-electron chi connectivity index (χ2n) is 6.85. The van der Waals surface area contributed by atoms with Crippen LogP contribution < -0.4 is 0 Å². The van der Waals surface area contributed by atoms with E-state index in [0.717, 1.165) is 31.5 Å². The van der Waals surface area contributed by atoms with E-state index in [1.54, 1.807) is 13.1 Å². The second-order valence-corrected chi connectivity index (χ2v) is 9.03. The second kappa shape index (κ2) is 8.33. The molecule has 0 unspecified atom stereocenters. The zero-order valence-corrected chi connectivity index (χ0v) is 16.0. The van der Waals surface area contributed by atoms with Crippen molar-refractivity contribution in [1.29, 1.82) is 0 Å². The number of β-amino-alcohol motifs (C(OH)–C–C–N with tert-alkyl or cyclic N) is 1. The number of nitrogens with zero attached hydrogens (tertiary/aromatic N) is 3. The molecule has 0 amide bonds. The highest BCUT2D eigenvalue weighted by atomic mass is 32.2. The zero-order chi connectivity index (χ0) is 18.6. The highest BCUT2D eigenvalue weighted by Gasteiger charge is 2.25. The van der Waals surface area contributed by atoms with Gasteiger partial charge in [0.15, 0.2) is 0 Å². The molecule has 0 bridgehead atoms. The van der Waals surface area contributed by atoms with E-state index in [4.69, 9.17) is 0 Å². The van der Waals surface area contributed by atoms with Crippen molar-refractivity contribution in [1.82, 2.24) is 14.5 Å². The van der Waals surface area contributed by atoms with Gasteiger partial charge in [0.2, 0.25) is 15.0 Å². The minimum Gasteiger partial charge on any atom is -0.392 e. The van der Waals surface area contributed by atoms with Crippen LogP contribution in [0.15, 0.2) is 41.7 Å². The highest BCUT2D eigenvalue weighted by molar-refractivity contribution is 7.91. The van der Waals surface area contributed by atoms with Crippen molar-refractivity contribution < 1.29 is 13.5 Å². The maximum absolute atomic E-state index is 12.4. The van der Waals surface area contributed by atoms with Gasteiger partial charge in [0.25, 0.3) is 0 Å². The minimum absolute atomic E-state index is 0.0462. The normalized spacial score (nSPS) is 18.5. The van der Waals surface area contributed by atoms with E-state index in [1.165, 1.54) is 5.56 Å². The van der Waals surface area contributed by atoms with Gasteiger partial charge in [-0.2, -0.15) is 0 Å². The van der Waals surface area contributed by atoms with Gasteiger partial charge in [0, 0.05) is 26.2 Å². The summed E-state index contributed by atoms with van der Waals surface area (Å²) in [6, 6.07) is 10.2. The van der Waals surface area contributed by atoms with E-state index in [1.807, 2.05) is 22.8 Å². The number of benzene rings is 1. The summed E-state index contributed by atoms with van der Waals surface area (Å²) in [7, 11) is -3.36. The van der Waals surface area contributed by atoms with Crippen LogP contribution >= 0.6 is 0 Å². The van der Waals surface area contributed by atoms with Crippen LogP contribution in [0.4, 0.5) is 0 Å². The van der Waals surface area contributed by atoms with Crippen molar-refractivity contribution >= 4 is 9.84 Å². The third-order valence-electron chi connectivity index (χ3n) is 4.88. The average Bonchev–Trinajstić information content (AvgIpc) is 3.23. The molecular weight excluding hydrogens is 350 g/mol. The van der Waals surface area contributed by atoms with Gasteiger partial charge in [0.05, 0.1) is 23.7 Å². The van der Waals surface area contributed by atoms with Crippen LogP contribution in [0.5, 0.6) is 0 Å². The molecule has 3 rings (SSSR count). The zero-order valence-electron chi connectivity index (χ0n) is 15.2. The highest BCUT2D eigenvalue weighted by Crippen LogP contribution is 2.19. The van der Waals surface area contributed by atoms with E-state index >= 15 is 0 Å². The van der Waals surface area contributed by atoms with E-state index in [0.29, 0.717) is 19.6 Å². The number of imidazole rings is 1. The fourth-order valence-corrected chi connectivity index (χ4v) is 4.42. The molecule has 1 aliphatic rings. The van der Waals surface area contributed by atoms with Crippen LogP contribution in [0.25, 0.3) is 0 Å². The van der Waals surface area contributed by atoms with Crippen molar-refractivity contribution in [2.45, 2.75) is 50.5 Å². The molecule has 1 aromatic carbocycles. The lowest BCUT2D eigenvalue weighted by atomic mass is 10.1. The largest absolute Gasteiger partial charge is 0.392 e. The molecule has 2 aromatic rings. The topological polar surface area (TPSA) is 75.4 Å². The minimum atomic E-state index is -3.36. The van der Waals surface area contributed by atoms with Gasteiger partial charge in [-0.1, -0.05) is 37.3 Å². The van der Waals surface area contributed by atoms with Crippen molar-refractivity contribution in [2.24, 2.45) is 0 Å². The summed E-state index contributed by atoms with van der Waals surface area (Å²) in [5, 5.41) is 9.90. The first kappa shape index (κ1) is 19.1. The summed E-state index contributed by atoms with van der Waals surface area (Å²) in [4.78, 5) is 6.38. The molecule has 6 nitrogen and oxygen atoms in total. The molecule has 1 N–H and O–H groups in total. The molecule has 1 aliphatic heterocycles. The van der Waals surface area contributed by atoms with Gasteiger partial charge in [0.1, 0.15) is 0 Å². The number of aliphatic hydroxyl groups excluding tert-OH is 1. The number of rotatable bonds is 8. The van der Waals surface area contributed by atoms with Crippen LogP contribution in [-0.4, -0.2) is 52.9 Å². The first-order valence-corrected chi connectivity index (χ1v) is 10.9. The van der Waals surface area contributed by atoms with Gasteiger partial charge in [-0.15, -0.1) is 0 Å². The Morgan fingerprint density at radius 1 is 1.27 bits per heavy atom. The van der Waals surface area contributed by atoms with Gasteiger partial charge in [-0.3, -0.25) is 4.90 Å². The number of aryl methyl sites for hydroxylation is 1. The quantitative estimate of drug-likeness (QED) is 0.760. The molecule has 2 heterocycles. The standard InChI is InChI=1S/C19H27N3O3S/c1-2-26(24,25)19-20-13-17(14-21-12-10-18(23)15-21)22(19)11-6-9-16-7-4-3-5-8-16/h3-5,7-8,13,18,23H,2,6,9-12,14-15H2,1H3/t18-/m0/s1. The summed E-state index contributed by atoms with van der Waals surface area (Å²) in [5.41, 5.74) is 2.15. The predicted octanol–water partition coefficient (Wildman–Crippen LogP) is 1.88. The Morgan fingerprint density at radius 2 is 2.04 bits per heavy atom. The molecule has 1 aromatic heterocycles. The summed E-state index contributed by atoms with van der Waals surface area (Å²) >= 11 is 0. The molecule has 1 atom stereocenters. The molecule has 1 fully saturated rings. The first-order valence-electron chi connectivity index (χ1n) is 9.21. The molecule has 0 aliphatic carbocycles. The lowest BCUT2D eigenvalue weighted by molar-refractivity contribution is 0.174.